The van der Waals surface area contributed by atoms with Crippen LogP contribution in [0.5, 0.6) is 0 Å². The van der Waals surface area contributed by atoms with Crippen LogP contribution in [0.4, 0.5) is 8.78 Å². The molecular formula is C18H14F2N4O3. The molecule has 0 aliphatic heterocycles. The number of nitrogens with one attached hydrogen (secondary N) is 2. The molecule has 0 aliphatic carbocycles. The molecule has 0 bridgehead atoms. The van der Waals surface area contributed by atoms with E-state index < -0.39 is 35.0 Å². The average molecular weight is 372 g/mol. The summed E-state index contributed by atoms with van der Waals surface area (Å²) in [7, 11) is 1.33. The number of pyridine rings is 1. The first-order chi connectivity index (χ1) is 12.9. The van der Waals surface area contributed by atoms with Crippen LogP contribution in [0.25, 0.3) is 5.65 Å². The lowest BCUT2D eigenvalue weighted by Crippen LogP contribution is -2.41. The summed E-state index contributed by atoms with van der Waals surface area (Å²) in [5, 5.41) is 4.69. The lowest BCUT2D eigenvalue weighted by molar-refractivity contribution is -0.122. The molecule has 0 saturated heterocycles. The van der Waals surface area contributed by atoms with Crippen LogP contribution < -0.4 is 16.2 Å². The standard InChI is InChI=1S/C18H14F2N4O3/c1-21-17(26)15(10-5-6-12(19)13(20)8-10)23-16(25)11-9-22-14-4-2-3-7-24(14)18(11)27/h2-9,15H,1H3,(H,21,26)(H,23,25). The average Bonchev–Trinajstić information content (AvgIpc) is 2.68. The van der Waals surface area contributed by atoms with Gasteiger partial charge in [-0.2, -0.15) is 0 Å². The number of hydrogen-bond acceptors (Lipinski definition) is 4. The van der Waals surface area contributed by atoms with E-state index in [2.05, 4.69) is 15.6 Å². The molecule has 3 aromatic rings. The highest BCUT2D eigenvalue weighted by Gasteiger charge is 2.25. The topological polar surface area (TPSA) is 92.6 Å². The quantitative estimate of drug-likeness (QED) is 0.720. The third kappa shape index (κ3) is 3.52. The minimum atomic E-state index is -1.33. The number of halogens is 2. The zero-order chi connectivity index (χ0) is 19.6. The molecular weight excluding hydrogens is 358 g/mol. The Labute approximate surface area is 151 Å². The second kappa shape index (κ2) is 7.32. The third-order valence-corrected chi connectivity index (χ3v) is 3.92. The maximum absolute atomic E-state index is 13.5. The smallest absolute Gasteiger partial charge is 0.270 e. The van der Waals surface area contributed by atoms with Crippen molar-refractivity contribution in [1.29, 1.82) is 0 Å². The van der Waals surface area contributed by atoms with E-state index in [-0.39, 0.29) is 11.1 Å². The van der Waals surface area contributed by atoms with Gasteiger partial charge in [0.25, 0.3) is 11.5 Å². The van der Waals surface area contributed by atoms with E-state index in [1.807, 2.05) is 0 Å². The van der Waals surface area contributed by atoms with Crippen molar-refractivity contribution >= 4 is 17.5 Å². The Balaban J connectivity index is 1.98. The van der Waals surface area contributed by atoms with Crippen LogP contribution in [0, 0.1) is 11.6 Å². The molecule has 3 rings (SSSR count). The third-order valence-electron chi connectivity index (χ3n) is 3.92. The summed E-state index contributed by atoms with van der Waals surface area (Å²) < 4.78 is 27.9. The largest absolute Gasteiger partial charge is 0.357 e. The zero-order valence-electron chi connectivity index (χ0n) is 14.1. The number of carbonyl (C=O) groups is 2. The highest BCUT2D eigenvalue weighted by Crippen LogP contribution is 2.17. The van der Waals surface area contributed by atoms with Gasteiger partial charge in [-0.05, 0) is 29.8 Å². The first kappa shape index (κ1) is 18.2. The number of nitrogens with zero attached hydrogens (tertiary/aromatic N) is 2. The van der Waals surface area contributed by atoms with Gasteiger partial charge in [0.15, 0.2) is 11.6 Å². The fourth-order valence-corrected chi connectivity index (χ4v) is 2.53. The van der Waals surface area contributed by atoms with E-state index in [4.69, 9.17) is 0 Å². The second-order valence-corrected chi connectivity index (χ2v) is 5.60. The van der Waals surface area contributed by atoms with Crippen molar-refractivity contribution in [2.24, 2.45) is 0 Å². The van der Waals surface area contributed by atoms with Gasteiger partial charge in [0, 0.05) is 19.4 Å². The fraction of sp³-hybridized carbons (Fsp3) is 0.111. The summed E-state index contributed by atoms with van der Waals surface area (Å²) in [5.41, 5.74) is -0.549. The van der Waals surface area contributed by atoms with E-state index >= 15 is 0 Å². The molecule has 0 fully saturated rings. The van der Waals surface area contributed by atoms with E-state index in [1.165, 1.54) is 23.7 Å². The second-order valence-electron chi connectivity index (χ2n) is 5.60. The molecule has 1 unspecified atom stereocenters. The molecule has 2 amide bonds. The summed E-state index contributed by atoms with van der Waals surface area (Å²) in [5.74, 6) is -3.78. The van der Waals surface area contributed by atoms with E-state index in [9.17, 15) is 23.2 Å². The summed E-state index contributed by atoms with van der Waals surface area (Å²) in [6.07, 6.45) is 2.55. The number of hydrogen-bond donors (Lipinski definition) is 2. The highest BCUT2D eigenvalue weighted by molar-refractivity contribution is 5.97. The molecule has 1 aromatic carbocycles. The number of fused-ring (bicyclic) bond motifs is 1. The van der Waals surface area contributed by atoms with Crippen LogP contribution in [0.2, 0.25) is 0 Å². The van der Waals surface area contributed by atoms with Gasteiger partial charge >= 0.3 is 0 Å². The molecule has 1 atom stereocenters. The summed E-state index contributed by atoms with van der Waals surface area (Å²) in [6, 6.07) is 6.38. The Morgan fingerprint density at radius 3 is 2.63 bits per heavy atom. The molecule has 9 heteroatoms. The van der Waals surface area contributed by atoms with Crippen LogP contribution in [0.15, 0.2) is 53.6 Å². The number of amides is 2. The molecule has 0 aliphatic rings. The summed E-state index contributed by atoms with van der Waals surface area (Å²) in [6.45, 7) is 0. The maximum Gasteiger partial charge on any atom is 0.270 e. The van der Waals surface area contributed by atoms with Gasteiger partial charge in [-0.15, -0.1) is 0 Å². The van der Waals surface area contributed by atoms with Crippen molar-refractivity contribution in [2.75, 3.05) is 7.05 Å². The van der Waals surface area contributed by atoms with Crippen LogP contribution in [-0.2, 0) is 4.79 Å². The number of rotatable bonds is 4. The Hall–Kier alpha value is -3.62. The van der Waals surface area contributed by atoms with Crippen LogP contribution >= 0.6 is 0 Å². The van der Waals surface area contributed by atoms with Crippen LogP contribution in [-0.4, -0.2) is 28.2 Å². The minimum Gasteiger partial charge on any atom is -0.357 e. The van der Waals surface area contributed by atoms with Crippen molar-refractivity contribution in [2.45, 2.75) is 6.04 Å². The maximum atomic E-state index is 13.5. The lowest BCUT2D eigenvalue weighted by Gasteiger charge is -2.18. The van der Waals surface area contributed by atoms with Crippen molar-refractivity contribution in [3.05, 3.63) is 81.9 Å². The minimum absolute atomic E-state index is 0.0236. The van der Waals surface area contributed by atoms with E-state index in [1.54, 1.807) is 18.2 Å². The molecule has 138 valence electrons. The molecule has 2 heterocycles. The molecule has 7 nitrogen and oxygen atoms in total. The number of benzene rings is 1. The number of aromatic nitrogens is 2. The van der Waals surface area contributed by atoms with Crippen molar-refractivity contribution in [3.8, 4) is 0 Å². The van der Waals surface area contributed by atoms with Gasteiger partial charge in [0.2, 0.25) is 5.91 Å². The van der Waals surface area contributed by atoms with Gasteiger partial charge in [-0.3, -0.25) is 18.8 Å². The highest BCUT2D eigenvalue weighted by atomic mass is 19.2. The van der Waals surface area contributed by atoms with Crippen molar-refractivity contribution in [3.63, 3.8) is 0 Å². The SMILES string of the molecule is CNC(=O)C(NC(=O)c1cnc2ccccn2c1=O)c1ccc(F)c(F)c1. The Kier molecular flexibility index (Phi) is 4.93. The molecule has 27 heavy (non-hydrogen) atoms. The lowest BCUT2D eigenvalue weighted by atomic mass is 10.1. The van der Waals surface area contributed by atoms with Gasteiger partial charge in [0.05, 0.1) is 0 Å². The number of likely N-dealkylation sites (N-methyl/N-ethyl adjacent to an activating group) is 1. The first-order valence-electron chi connectivity index (χ1n) is 7.86. The molecule has 0 saturated carbocycles. The Bertz CT molecular complexity index is 1100. The van der Waals surface area contributed by atoms with Gasteiger partial charge < -0.3 is 10.6 Å². The molecule has 2 N–H and O–H groups in total. The van der Waals surface area contributed by atoms with E-state index in [0.29, 0.717) is 5.65 Å². The van der Waals surface area contributed by atoms with E-state index in [0.717, 1.165) is 18.3 Å². The first-order valence-corrected chi connectivity index (χ1v) is 7.86. The molecule has 0 radical (unpaired) electrons. The summed E-state index contributed by atoms with van der Waals surface area (Å²) >= 11 is 0. The molecule has 0 spiro atoms. The molecule has 2 aromatic heterocycles. The Morgan fingerprint density at radius 2 is 1.93 bits per heavy atom. The van der Waals surface area contributed by atoms with Gasteiger partial charge in [-0.1, -0.05) is 12.1 Å². The van der Waals surface area contributed by atoms with Gasteiger partial charge in [0.1, 0.15) is 17.3 Å². The predicted octanol–water partition coefficient (Wildman–Crippen LogP) is 1.19. The monoisotopic (exact) mass is 372 g/mol. The van der Waals surface area contributed by atoms with Crippen LogP contribution in [0.3, 0.4) is 0 Å². The normalized spacial score (nSPS) is 11.8. The fourth-order valence-electron chi connectivity index (χ4n) is 2.53. The zero-order valence-corrected chi connectivity index (χ0v) is 14.1. The summed E-state index contributed by atoms with van der Waals surface area (Å²) in [4.78, 5) is 41.2. The van der Waals surface area contributed by atoms with Crippen LogP contribution in [0.1, 0.15) is 22.0 Å². The Morgan fingerprint density at radius 1 is 1.15 bits per heavy atom. The van der Waals surface area contributed by atoms with Crippen molar-refractivity contribution in [1.82, 2.24) is 20.0 Å². The van der Waals surface area contributed by atoms with Gasteiger partial charge in [-0.25, -0.2) is 13.8 Å². The number of carbonyl (C=O) groups excluding carboxylic acids is 2. The van der Waals surface area contributed by atoms with Crippen molar-refractivity contribution < 1.29 is 18.4 Å². The predicted molar refractivity (Wildman–Crippen MR) is 92.1 cm³/mol.